The van der Waals surface area contributed by atoms with E-state index in [4.69, 9.17) is 5.10 Å². The van der Waals surface area contributed by atoms with Gasteiger partial charge in [-0.2, -0.15) is 9.78 Å². The van der Waals surface area contributed by atoms with Gasteiger partial charge in [-0.05, 0) is 93.4 Å². The predicted molar refractivity (Wildman–Crippen MR) is 166 cm³/mol. The van der Waals surface area contributed by atoms with Gasteiger partial charge in [0, 0.05) is 11.6 Å². The van der Waals surface area contributed by atoms with E-state index in [0.717, 1.165) is 39.9 Å². The Morgan fingerprint density at radius 3 is 2.41 bits per heavy atom. The van der Waals surface area contributed by atoms with E-state index < -0.39 is 0 Å². The van der Waals surface area contributed by atoms with Crippen LogP contribution in [0.2, 0.25) is 0 Å². The van der Waals surface area contributed by atoms with Gasteiger partial charge in [-0.15, -0.1) is 5.10 Å². The molecule has 1 heterocycles. The molecule has 1 saturated carbocycles. The van der Waals surface area contributed by atoms with Crippen LogP contribution in [0, 0.1) is 0 Å². The first kappa shape index (κ1) is 28.3. The average molecular weight is 522 g/mol. The molecule has 1 aliphatic rings. The second-order valence-corrected chi connectivity index (χ2v) is 10.8. The standard InChI is InChI=1S/C34H43N5/c1-8-26(6)38(27(7)23-25(5)28-19-21-30(22-20-28)29-15-11-10-12-16-29)36-34(31(9-2)24(3)4)39-33-18-14-13-17-32(33)35-37-39/h9,13-14,17-23,26,29H,3,7-8,10-12,15-16H2,1-2,4-6H3/b25-23+,31-9+,36-34+. The van der Waals surface area contributed by atoms with Crippen LogP contribution in [0.15, 0.2) is 95.8 Å². The molecule has 1 aromatic heterocycles. The van der Waals surface area contributed by atoms with Crippen molar-refractivity contribution >= 4 is 22.4 Å². The highest BCUT2D eigenvalue weighted by atomic mass is 15.5. The molecule has 5 nitrogen and oxygen atoms in total. The van der Waals surface area contributed by atoms with Crippen molar-refractivity contribution in [1.29, 1.82) is 0 Å². The second kappa shape index (κ2) is 12.9. The van der Waals surface area contributed by atoms with Crippen LogP contribution >= 0.6 is 0 Å². The zero-order chi connectivity index (χ0) is 27.9. The molecule has 0 N–H and O–H groups in total. The van der Waals surface area contributed by atoms with Gasteiger partial charge < -0.3 is 0 Å². The number of rotatable bonds is 9. The van der Waals surface area contributed by atoms with E-state index in [0.29, 0.717) is 11.8 Å². The molecule has 39 heavy (non-hydrogen) atoms. The van der Waals surface area contributed by atoms with Crippen LogP contribution in [0.1, 0.15) is 90.2 Å². The van der Waals surface area contributed by atoms with Gasteiger partial charge >= 0.3 is 0 Å². The second-order valence-electron chi connectivity index (χ2n) is 10.8. The number of nitrogens with zero attached hydrogens (tertiary/aromatic N) is 5. The maximum absolute atomic E-state index is 5.19. The molecule has 1 aliphatic carbocycles. The maximum Gasteiger partial charge on any atom is 0.183 e. The van der Waals surface area contributed by atoms with Gasteiger partial charge in [-0.1, -0.05) is 87.0 Å². The Kier molecular flexibility index (Phi) is 9.34. The van der Waals surface area contributed by atoms with E-state index in [9.17, 15) is 0 Å². The van der Waals surface area contributed by atoms with Crippen LogP contribution in [0.3, 0.4) is 0 Å². The summed E-state index contributed by atoms with van der Waals surface area (Å²) in [5.74, 6) is 1.39. The number of hydrogen-bond donors (Lipinski definition) is 0. The fourth-order valence-corrected chi connectivity index (χ4v) is 5.38. The SMILES string of the molecule is C=C(C)C(=C\C)/C(=N\N(C(=C)/C=C(\C)c1ccc(C2CCCCC2)cc1)C(C)CC)n1nnc2ccccc21. The fourth-order valence-electron chi connectivity index (χ4n) is 5.38. The number of fused-ring (bicyclic) bond motifs is 1. The number of aromatic nitrogens is 3. The molecule has 0 spiro atoms. The first-order valence-corrected chi connectivity index (χ1v) is 14.3. The average Bonchev–Trinajstić information content (AvgIpc) is 3.39. The third kappa shape index (κ3) is 6.47. The van der Waals surface area contributed by atoms with Crippen LogP contribution in [0.5, 0.6) is 0 Å². The molecule has 0 bridgehead atoms. The van der Waals surface area contributed by atoms with Crippen LogP contribution < -0.4 is 0 Å². The Morgan fingerprint density at radius 1 is 1.08 bits per heavy atom. The highest BCUT2D eigenvalue weighted by Gasteiger charge is 2.20. The fraction of sp³-hybridized carbons (Fsp3) is 0.382. The molecule has 0 saturated heterocycles. The highest BCUT2D eigenvalue weighted by Crippen LogP contribution is 2.33. The Hall–Kier alpha value is -3.73. The number of benzene rings is 2. The topological polar surface area (TPSA) is 46.3 Å². The minimum Gasteiger partial charge on any atom is -0.261 e. The van der Waals surface area contributed by atoms with E-state index in [2.05, 4.69) is 74.6 Å². The lowest BCUT2D eigenvalue weighted by molar-refractivity contribution is 0.282. The lowest BCUT2D eigenvalue weighted by Crippen LogP contribution is -2.30. The Labute approximate surface area is 234 Å². The number of hydrazone groups is 1. The Bertz CT molecular complexity index is 1400. The highest BCUT2D eigenvalue weighted by molar-refractivity contribution is 6.06. The van der Waals surface area contributed by atoms with E-state index >= 15 is 0 Å². The summed E-state index contributed by atoms with van der Waals surface area (Å²) in [5.41, 5.74) is 8.23. The van der Waals surface area contributed by atoms with Gasteiger partial charge in [0.15, 0.2) is 5.84 Å². The first-order chi connectivity index (χ1) is 18.8. The van der Waals surface area contributed by atoms with Crippen LogP contribution in [-0.2, 0) is 0 Å². The lowest BCUT2D eigenvalue weighted by atomic mass is 9.84. The summed E-state index contributed by atoms with van der Waals surface area (Å²) in [6.07, 6.45) is 11.8. The molecule has 204 valence electrons. The molecule has 5 heteroatoms. The third-order valence-corrected chi connectivity index (χ3v) is 7.87. The first-order valence-electron chi connectivity index (χ1n) is 14.3. The van der Waals surface area contributed by atoms with Gasteiger partial charge in [0.25, 0.3) is 0 Å². The van der Waals surface area contributed by atoms with Crippen molar-refractivity contribution in [2.75, 3.05) is 0 Å². The Balaban J connectivity index is 1.70. The molecular weight excluding hydrogens is 478 g/mol. The number of para-hydroxylation sites is 1. The summed E-state index contributed by atoms with van der Waals surface area (Å²) in [6.45, 7) is 19.2. The van der Waals surface area contributed by atoms with E-state index in [1.165, 1.54) is 43.2 Å². The summed E-state index contributed by atoms with van der Waals surface area (Å²) in [6, 6.07) is 17.2. The van der Waals surface area contributed by atoms with Crippen molar-refractivity contribution in [3.63, 3.8) is 0 Å². The van der Waals surface area contributed by atoms with Gasteiger partial charge in [0.05, 0.1) is 11.2 Å². The zero-order valence-corrected chi connectivity index (χ0v) is 24.3. The smallest absolute Gasteiger partial charge is 0.183 e. The summed E-state index contributed by atoms with van der Waals surface area (Å²) >= 11 is 0. The minimum absolute atomic E-state index is 0.128. The largest absolute Gasteiger partial charge is 0.261 e. The molecule has 0 amide bonds. The molecule has 0 radical (unpaired) electrons. The molecule has 1 fully saturated rings. The van der Waals surface area contributed by atoms with Crippen molar-refractivity contribution in [3.05, 3.63) is 102 Å². The van der Waals surface area contributed by atoms with Gasteiger partial charge in [0.2, 0.25) is 0 Å². The predicted octanol–water partition coefficient (Wildman–Crippen LogP) is 8.88. The third-order valence-electron chi connectivity index (χ3n) is 7.87. The molecule has 1 atom stereocenters. The summed E-state index contributed by atoms with van der Waals surface area (Å²) in [5, 5.41) is 16.1. The van der Waals surface area contributed by atoms with Crippen molar-refractivity contribution in [3.8, 4) is 0 Å². The van der Waals surface area contributed by atoms with Crippen LogP contribution in [0.4, 0.5) is 0 Å². The molecule has 0 aliphatic heterocycles. The van der Waals surface area contributed by atoms with Crippen molar-refractivity contribution in [2.24, 2.45) is 5.10 Å². The van der Waals surface area contributed by atoms with E-state index in [1.54, 1.807) is 0 Å². The van der Waals surface area contributed by atoms with Gasteiger partial charge in [-0.25, -0.2) is 0 Å². The maximum atomic E-state index is 5.19. The number of hydrogen-bond acceptors (Lipinski definition) is 4. The Morgan fingerprint density at radius 2 is 1.77 bits per heavy atom. The van der Waals surface area contributed by atoms with E-state index in [-0.39, 0.29) is 6.04 Å². The summed E-state index contributed by atoms with van der Waals surface area (Å²) in [7, 11) is 0. The molecule has 1 unspecified atom stereocenters. The van der Waals surface area contributed by atoms with Crippen molar-refractivity contribution < 1.29 is 0 Å². The molecular formula is C34H43N5. The lowest BCUT2D eigenvalue weighted by Gasteiger charge is -2.28. The zero-order valence-electron chi connectivity index (χ0n) is 24.3. The quantitative estimate of drug-likeness (QED) is 0.122. The molecule has 2 aromatic carbocycles. The summed E-state index contributed by atoms with van der Waals surface area (Å²) < 4.78 is 1.81. The van der Waals surface area contributed by atoms with Gasteiger partial charge in [-0.3, -0.25) is 5.01 Å². The van der Waals surface area contributed by atoms with Crippen molar-refractivity contribution in [1.82, 2.24) is 20.0 Å². The van der Waals surface area contributed by atoms with Crippen LogP contribution in [-0.4, -0.2) is 31.9 Å². The normalized spacial score (nSPS) is 16.4. The van der Waals surface area contributed by atoms with Gasteiger partial charge in [0.1, 0.15) is 5.52 Å². The van der Waals surface area contributed by atoms with E-state index in [1.807, 2.05) is 53.9 Å². The number of allylic oxidation sites excluding steroid dienone is 5. The minimum atomic E-state index is 0.128. The molecule has 4 rings (SSSR count). The molecule has 3 aromatic rings. The summed E-state index contributed by atoms with van der Waals surface area (Å²) in [4.78, 5) is 0. The monoisotopic (exact) mass is 521 g/mol. The van der Waals surface area contributed by atoms with Crippen LogP contribution in [0.25, 0.3) is 16.6 Å². The van der Waals surface area contributed by atoms with Crippen molar-refractivity contribution in [2.45, 2.75) is 85.1 Å².